The van der Waals surface area contributed by atoms with Crippen molar-refractivity contribution in [1.82, 2.24) is 20.4 Å². The third kappa shape index (κ3) is 4.32. The number of carbonyl (C=O) groups excluding carboxylic acids is 1. The standard InChI is InChI=1S/C17H22N4O2/c22-16-8-4-14(5-9-16)20-17(23)18-12-13-2-6-15(7-3-13)21-11-1-10-19-21/h1-3,6-7,10-11,14,16,22H,4-5,8-9,12H2,(H2,18,20,23). The van der Waals surface area contributed by atoms with Gasteiger partial charge in [0.2, 0.25) is 0 Å². The number of aromatic nitrogens is 2. The zero-order valence-electron chi connectivity index (χ0n) is 13.0. The molecule has 6 heteroatoms. The number of nitrogens with one attached hydrogen (secondary N) is 2. The van der Waals surface area contributed by atoms with Crippen LogP contribution >= 0.6 is 0 Å². The average molecular weight is 314 g/mol. The van der Waals surface area contributed by atoms with E-state index in [0.29, 0.717) is 6.54 Å². The Bertz CT molecular complexity index is 617. The van der Waals surface area contributed by atoms with Crippen LogP contribution in [0, 0.1) is 0 Å². The summed E-state index contributed by atoms with van der Waals surface area (Å²) >= 11 is 0. The normalized spacial score (nSPS) is 20.9. The molecule has 1 aliphatic rings. The van der Waals surface area contributed by atoms with E-state index in [2.05, 4.69) is 15.7 Å². The van der Waals surface area contributed by atoms with Gasteiger partial charge in [0.15, 0.2) is 0 Å². The summed E-state index contributed by atoms with van der Waals surface area (Å²) in [5.74, 6) is 0. The fourth-order valence-corrected chi connectivity index (χ4v) is 2.83. The van der Waals surface area contributed by atoms with Crippen molar-refractivity contribution in [3.8, 4) is 5.69 Å². The molecule has 23 heavy (non-hydrogen) atoms. The molecule has 2 amide bonds. The third-order valence-corrected chi connectivity index (χ3v) is 4.19. The summed E-state index contributed by atoms with van der Waals surface area (Å²) in [6.07, 6.45) is 6.63. The molecule has 122 valence electrons. The van der Waals surface area contributed by atoms with Gasteiger partial charge in [0, 0.05) is 25.0 Å². The van der Waals surface area contributed by atoms with Gasteiger partial charge in [-0.25, -0.2) is 9.48 Å². The highest BCUT2D eigenvalue weighted by atomic mass is 16.3. The van der Waals surface area contributed by atoms with E-state index in [0.717, 1.165) is 36.9 Å². The predicted octanol–water partition coefficient (Wildman–Crippen LogP) is 1.97. The Balaban J connectivity index is 1.45. The predicted molar refractivity (Wildman–Crippen MR) is 87.2 cm³/mol. The minimum atomic E-state index is -0.204. The van der Waals surface area contributed by atoms with Crippen LogP contribution in [0.5, 0.6) is 0 Å². The minimum absolute atomic E-state index is 0.150. The maximum Gasteiger partial charge on any atom is 0.315 e. The number of rotatable bonds is 4. The molecule has 6 nitrogen and oxygen atoms in total. The molecule has 1 aliphatic carbocycles. The first kappa shape index (κ1) is 15.6. The van der Waals surface area contributed by atoms with E-state index in [-0.39, 0.29) is 18.2 Å². The summed E-state index contributed by atoms with van der Waals surface area (Å²) in [7, 11) is 0. The Morgan fingerprint density at radius 3 is 2.61 bits per heavy atom. The monoisotopic (exact) mass is 314 g/mol. The summed E-state index contributed by atoms with van der Waals surface area (Å²) in [4.78, 5) is 11.9. The number of carbonyl (C=O) groups is 1. The molecule has 3 N–H and O–H groups in total. The van der Waals surface area contributed by atoms with Crippen molar-refractivity contribution >= 4 is 6.03 Å². The van der Waals surface area contributed by atoms with Crippen LogP contribution in [-0.4, -0.2) is 33.1 Å². The molecule has 0 bridgehead atoms. The van der Waals surface area contributed by atoms with Gasteiger partial charge in [0.05, 0.1) is 11.8 Å². The third-order valence-electron chi connectivity index (χ3n) is 4.19. The average Bonchev–Trinajstić information content (AvgIpc) is 3.10. The summed E-state index contributed by atoms with van der Waals surface area (Å²) in [5.41, 5.74) is 2.03. The molecule has 0 atom stereocenters. The number of urea groups is 1. The van der Waals surface area contributed by atoms with Crippen molar-refractivity contribution in [1.29, 1.82) is 0 Å². The van der Waals surface area contributed by atoms with Crippen molar-refractivity contribution in [3.63, 3.8) is 0 Å². The molecule has 0 unspecified atom stereocenters. The van der Waals surface area contributed by atoms with Gasteiger partial charge < -0.3 is 15.7 Å². The lowest BCUT2D eigenvalue weighted by atomic mass is 9.93. The second-order valence-electron chi connectivity index (χ2n) is 5.95. The second-order valence-corrected chi connectivity index (χ2v) is 5.95. The Morgan fingerprint density at radius 2 is 1.96 bits per heavy atom. The van der Waals surface area contributed by atoms with Crippen LogP contribution in [0.4, 0.5) is 4.79 Å². The molecular formula is C17H22N4O2. The summed E-state index contributed by atoms with van der Waals surface area (Å²) in [6.45, 7) is 0.487. The first-order chi connectivity index (χ1) is 11.2. The van der Waals surface area contributed by atoms with Crippen LogP contribution in [0.25, 0.3) is 5.69 Å². The SMILES string of the molecule is O=C(NCc1ccc(-n2cccn2)cc1)NC1CCC(O)CC1. The van der Waals surface area contributed by atoms with E-state index >= 15 is 0 Å². The highest BCUT2D eigenvalue weighted by Gasteiger charge is 2.20. The van der Waals surface area contributed by atoms with Gasteiger partial charge in [0.1, 0.15) is 0 Å². The van der Waals surface area contributed by atoms with Crippen molar-refractivity contribution in [2.75, 3.05) is 0 Å². The molecule has 1 heterocycles. The van der Waals surface area contributed by atoms with Crippen molar-refractivity contribution in [2.24, 2.45) is 0 Å². The molecule has 1 saturated carbocycles. The molecule has 0 radical (unpaired) electrons. The Labute approximate surface area is 135 Å². The maximum absolute atomic E-state index is 11.9. The molecule has 3 rings (SSSR count). The first-order valence-electron chi connectivity index (χ1n) is 8.02. The Hall–Kier alpha value is -2.34. The molecule has 2 aromatic rings. The van der Waals surface area contributed by atoms with E-state index in [1.165, 1.54) is 0 Å². The molecule has 0 aliphatic heterocycles. The first-order valence-corrected chi connectivity index (χ1v) is 8.02. The van der Waals surface area contributed by atoms with Crippen LogP contribution in [0.15, 0.2) is 42.7 Å². The topological polar surface area (TPSA) is 79.2 Å². The van der Waals surface area contributed by atoms with Crippen LogP contribution in [-0.2, 0) is 6.54 Å². The number of benzene rings is 1. The molecule has 1 aromatic heterocycles. The highest BCUT2D eigenvalue weighted by molar-refractivity contribution is 5.74. The Morgan fingerprint density at radius 1 is 1.22 bits per heavy atom. The zero-order chi connectivity index (χ0) is 16.1. The van der Waals surface area contributed by atoms with Gasteiger partial charge in [0.25, 0.3) is 0 Å². The lowest BCUT2D eigenvalue weighted by Crippen LogP contribution is -2.43. The van der Waals surface area contributed by atoms with Crippen molar-refractivity contribution in [2.45, 2.75) is 44.4 Å². The molecule has 1 fully saturated rings. The van der Waals surface area contributed by atoms with E-state index in [1.54, 1.807) is 10.9 Å². The summed E-state index contributed by atoms with van der Waals surface area (Å²) < 4.78 is 1.79. The van der Waals surface area contributed by atoms with Gasteiger partial charge in [-0.1, -0.05) is 12.1 Å². The van der Waals surface area contributed by atoms with Gasteiger partial charge in [-0.2, -0.15) is 5.10 Å². The molecular weight excluding hydrogens is 292 g/mol. The molecule has 0 saturated heterocycles. The lowest BCUT2D eigenvalue weighted by Gasteiger charge is -2.26. The quantitative estimate of drug-likeness (QED) is 0.807. The second kappa shape index (κ2) is 7.28. The number of hydrogen-bond donors (Lipinski definition) is 3. The van der Waals surface area contributed by atoms with Gasteiger partial charge in [-0.15, -0.1) is 0 Å². The fourth-order valence-electron chi connectivity index (χ4n) is 2.83. The minimum Gasteiger partial charge on any atom is -0.393 e. The Kier molecular flexibility index (Phi) is 4.92. The van der Waals surface area contributed by atoms with Gasteiger partial charge in [-0.05, 0) is 49.4 Å². The largest absolute Gasteiger partial charge is 0.393 e. The van der Waals surface area contributed by atoms with Crippen LogP contribution < -0.4 is 10.6 Å². The van der Waals surface area contributed by atoms with Gasteiger partial charge >= 0.3 is 6.03 Å². The number of nitrogens with zero attached hydrogens (tertiary/aromatic N) is 2. The van der Waals surface area contributed by atoms with E-state index < -0.39 is 0 Å². The number of hydrogen-bond acceptors (Lipinski definition) is 3. The van der Waals surface area contributed by atoms with E-state index in [4.69, 9.17) is 0 Å². The maximum atomic E-state index is 11.9. The van der Waals surface area contributed by atoms with Gasteiger partial charge in [-0.3, -0.25) is 0 Å². The lowest BCUT2D eigenvalue weighted by molar-refractivity contribution is 0.117. The number of amides is 2. The zero-order valence-corrected chi connectivity index (χ0v) is 13.0. The molecule has 0 spiro atoms. The smallest absolute Gasteiger partial charge is 0.315 e. The summed E-state index contributed by atoms with van der Waals surface area (Å²) in [6, 6.07) is 9.81. The summed E-state index contributed by atoms with van der Waals surface area (Å²) in [5, 5.41) is 19.5. The fraction of sp³-hybridized carbons (Fsp3) is 0.412. The van der Waals surface area contributed by atoms with Crippen molar-refractivity contribution in [3.05, 3.63) is 48.3 Å². The number of aliphatic hydroxyl groups excluding tert-OH is 1. The van der Waals surface area contributed by atoms with Crippen molar-refractivity contribution < 1.29 is 9.90 Å². The highest BCUT2D eigenvalue weighted by Crippen LogP contribution is 2.18. The van der Waals surface area contributed by atoms with E-state index in [1.807, 2.05) is 36.5 Å². The van der Waals surface area contributed by atoms with Crippen LogP contribution in [0.3, 0.4) is 0 Å². The van der Waals surface area contributed by atoms with Crippen LogP contribution in [0.2, 0.25) is 0 Å². The molecule has 1 aromatic carbocycles. The van der Waals surface area contributed by atoms with Crippen LogP contribution in [0.1, 0.15) is 31.2 Å². The number of aliphatic hydroxyl groups is 1. The van der Waals surface area contributed by atoms with E-state index in [9.17, 15) is 9.90 Å².